The average Bonchev–Trinajstić information content (AvgIpc) is 2.65. The highest BCUT2D eigenvalue weighted by Crippen LogP contribution is 2.12. The van der Waals surface area contributed by atoms with E-state index < -0.39 is 17.4 Å². The maximum absolute atomic E-state index is 12.0. The van der Waals surface area contributed by atoms with Crippen molar-refractivity contribution >= 4 is 17.0 Å². The Bertz CT molecular complexity index is 682. The highest BCUT2D eigenvalue weighted by Gasteiger charge is 2.26. The minimum Gasteiger partial charge on any atom is -0.408 e. The molecular formula is C14H18N2O4. The Balaban J connectivity index is 2.23. The molecule has 1 aromatic heterocycles. The molecule has 0 spiro atoms. The van der Waals surface area contributed by atoms with Crippen LogP contribution in [0.5, 0.6) is 0 Å². The second kappa shape index (κ2) is 5.13. The Kier molecular flexibility index (Phi) is 3.67. The van der Waals surface area contributed by atoms with Gasteiger partial charge in [-0.15, -0.1) is 0 Å². The summed E-state index contributed by atoms with van der Waals surface area (Å²) in [6, 6.07) is 6.91. The number of aliphatic hydroxyl groups excluding tert-OH is 1. The number of hydrogen-bond donors (Lipinski definition) is 2. The van der Waals surface area contributed by atoms with Crippen LogP contribution >= 0.6 is 0 Å². The fraction of sp³-hybridized carbons (Fsp3) is 0.429. The molecular weight excluding hydrogens is 260 g/mol. The molecule has 1 heterocycles. The number of fused-ring (bicyclic) bond motifs is 1. The van der Waals surface area contributed by atoms with E-state index in [0.29, 0.717) is 11.1 Å². The Morgan fingerprint density at radius 3 is 2.75 bits per heavy atom. The standard InChI is InChI=1S/C14H18N2O4/c1-9(17)14(2,3)15-12(18)8-16-10-6-4-5-7-11(10)20-13(16)19/h4-7,9,17H,8H2,1-3H3,(H,15,18). The van der Waals surface area contributed by atoms with Crippen LogP contribution in [0.2, 0.25) is 0 Å². The lowest BCUT2D eigenvalue weighted by molar-refractivity contribution is -0.124. The fourth-order valence-electron chi connectivity index (χ4n) is 1.81. The summed E-state index contributed by atoms with van der Waals surface area (Å²) in [7, 11) is 0. The Labute approximate surface area is 116 Å². The summed E-state index contributed by atoms with van der Waals surface area (Å²) in [6.07, 6.45) is -0.704. The Hall–Kier alpha value is -2.08. The van der Waals surface area contributed by atoms with Crippen LogP contribution in [0.1, 0.15) is 20.8 Å². The van der Waals surface area contributed by atoms with Crippen molar-refractivity contribution in [2.24, 2.45) is 0 Å². The molecule has 2 aromatic rings. The number of benzene rings is 1. The Morgan fingerprint density at radius 2 is 2.10 bits per heavy atom. The molecule has 2 N–H and O–H groups in total. The van der Waals surface area contributed by atoms with Crippen molar-refractivity contribution < 1.29 is 14.3 Å². The zero-order chi connectivity index (χ0) is 14.9. The number of nitrogens with one attached hydrogen (secondary N) is 1. The second-order valence-corrected chi connectivity index (χ2v) is 5.37. The first-order chi connectivity index (χ1) is 9.31. The van der Waals surface area contributed by atoms with Gasteiger partial charge in [0.2, 0.25) is 5.91 Å². The molecule has 0 aliphatic carbocycles. The van der Waals surface area contributed by atoms with Crippen LogP contribution in [-0.2, 0) is 11.3 Å². The maximum atomic E-state index is 12.0. The third-order valence-electron chi connectivity index (χ3n) is 3.38. The number of oxazole rings is 1. The van der Waals surface area contributed by atoms with Crippen molar-refractivity contribution in [3.8, 4) is 0 Å². The molecule has 2 rings (SSSR count). The smallest absolute Gasteiger partial charge is 0.408 e. The van der Waals surface area contributed by atoms with Crippen LogP contribution in [-0.4, -0.2) is 27.2 Å². The lowest BCUT2D eigenvalue weighted by Gasteiger charge is -2.29. The molecule has 6 heteroatoms. The van der Waals surface area contributed by atoms with Crippen LogP contribution < -0.4 is 11.1 Å². The van der Waals surface area contributed by atoms with E-state index in [0.717, 1.165) is 0 Å². The van der Waals surface area contributed by atoms with E-state index in [1.165, 1.54) is 4.57 Å². The molecule has 0 radical (unpaired) electrons. The quantitative estimate of drug-likeness (QED) is 0.869. The second-order valence-electron chi connectivity index (χ2n) is 5.37. The predicted octanol–water partition coefficient (Wildman–Crippen LogP) is 0.870. The van der Waals surface area contributed by atoms with Crippen molar-refractivity contribution in [1.29, 1.82) is 0 Å². The summed E-state index contributed by atoms with van der Waals surface area (Å²) in [5.74, 6) is -0.930. The van der Waals surface area contributed by atoms with E-state index in [-0.39, 0.29) is 12.5 Å². The number of hydrogen-bond acceptors (Lipinski definition) is 4. The van der Waals surface area contributed by atoms with E-state index in [9.17, 15) is 14.7 Å². The predicted molar refractivity (Wildman–Crippen MR) is 74.4 cm³/mol. The monoisotopic (exact) mass is 278 g/mol. The largest absolute Gasteiger partial charge is 0.420 e. The average molecular weight is 278 g/mol. The van der Waals surface area contributed by atoms with Gasteiger partial charge in [-0.05, 0) is 32.9 Å². The van der Waals surface area contributed by atoms with E-state index in [1.807, 2.05) is 0 Å². The van der Waals surface area contributed by atoms with Gasteiger partial charge in [0.15, 0.2) is 5.58 Å². The van der Waals surface area contributed by atoms with Crippen molar-refractivity contribution in [3.63, 3.8) is 0 Å². The van der Waals surface area contributed by atoms with Gasteiger partial charge in [0, 0.05) is 0 Å². The van der Waals surface area contributed by atoms with Crippen molar-refractivity contribution in [3.05, 3.63) is 34.8 Å². The summed E-state index contributed by atoms with van der Waals surface area (Å²) in [4.78, 5) is 23.7. The van der Waals surface area contributed by atoms with Gasteiger partial charge in [-0.25, -0.2) is 4.79 Å². The van der Waals surface area contributed by atoms with Crippen LogP contribution in [0.15, 0.2) is 33.5 Å². The van der Waals surface area contributed by atoms with Gasteiger partial charge >= 0.3 is 5.76 Å². The van der Waals surface area contributed by atoms with Crippen LogP contribution in [0.4, 0.5) is 0 Å². The van der Waals surface area contributed by atoms with Crippen molar-refractivity contribution in [2.45, 2.75) is 39.0 Å². The molecule has 1 atom stereocenters. The third kappa shape index (κ3) is 2.75. The fourth-order valence-corrected chi connectivity index (χ4v) is 1.81. The van der Waals surface area contributed by atoms with Crippen LogP contribution in [0.3, 0.4) is 0 Å². The SMILES string of the molecule is CC(O)C(C)(C)NC(=O)Cn1c(=O)oc2ccccc21. The first-order valence-corrected chi connectivity index (χ1v) is 6.39. The molecule has 1 unspecified atom stereocenters. The van der Waals surface area contributed by atoms with Gasteiger partial charge in [0.05, 0.1) is 17.2 Å². The number of rotatable bonds is 4. The lowest BCUT2D eigenvalue weighted by atomic mass is 9.99. The highest BCUT2D eigenvalue weighted by molar-refractivity contribution is 5.80. The van der Waals surface area contributed by atoms with Crippen molar-refractivity contribution in [1.82, 2.24) is 9.88 Å². The topological polar surface area (TPSA) is 84.5 Å². The number of aliphatic hydroxyl groups is 1. The number of carbonyl (C=O) groups excluding carboxylic acids is 1. The zero-order valence-corrected chi connectivity index (χ0v) is 11.7. The molecule has 0 bridgehead atoms. The number of nitrogens with zero attached hydrogens (tertiary/aromatic N) is 1. The number of aromatic nitrogens is 1. The van der Waals surface area contributed by atoms with E-state index in [4.69, 9.17) is 4.42 Å². The summed E-state index contributed by atoms with van der Waals surface area (Å²) >= 11 is 0. The molecule has 0 saturated heterocycles. The summed E-state index contributed by atoms with van der Waals surface area (Å²) in [6.45, 7) is 4.88. The minimum absolute atomic E-state index is 0.147. The molecule has 1 aromatic carbocycles. The van der Waals surface area contributed by atoms with Gasteiger partial charge in [-0.2, -0.15) is 0 Å². The molecule has 108 valence electrons. The molecule has 0 fully saturated rings. The lowest BCUT2D eigenvalue weighted by Crippen LogP contribution is -2.52. The van der Waals surface area contributed by atoms with Gasteiger partial charge < -0.3 is 14.8 Å². The van der Waals surface area contributed by atoms with Gasteiger partial charge in [-0.3, -0.25) is 9.36 Å². The summed E-state index contributed by atoms with van der Waals surface area (Å²) in [5.41, 5.74) is 0.253. The van der Waals surface area contributed by atoms with E-state index >= 15 is 0 Å². The zero-order valence-electron chi connectivity index (χ0n) is 11.7. The first-order valence-electron chi connectivity index (χ1n) is 6.39. The van der Waals surface area contributed by atoms with Crippen LogP contribution in [0.25, 0.3) is 11.1 Å². The summed E-state index contributed by atoms with van der Waals surface area (Å²) < 4.78 is 6.32. The molecule has 6 nitrogen and oxygen atoms in total. The van der Waals surface area contributed by atoms with Gasteiger partial charge in [0.1, 0.15) is 6.54 Å². The normalized spacial score (nSPS) is 13.4. The molecule has 0 aliphatic rings. The number of amides is 1. The number of para-hydroxylation sites is 2. The molecule has 0 aliphatic heterocycles. The third-order valence-corrected chi connectivity index (χ3v) is 3.38. The number of carbonyl (C=O) groups is 1. The first kappa shape index (κ1) is 14.3. The maximum Gasteiger partial charge on any atom is 0.420 e. The Morgan fingerprint density at radius 1 is 1.45 bits per heavy atom. The van der Waals surface area contributed by atoms with Crippen LogP contribution in [0, 0.1) is 0 Å². The van der Waals surface area contributed by atoms with Crippen molar-refractivity contribution in [2.75, 3.05) is 0 Å². The highest BCUT2D eigenvalue weighted by atomic mass is 16.4. The molecule has 1 amide bonds. The van der Waals surface area contributed by atoms with E-state index in [2.05, 4.69) is 5.32 Å². The molecule has 0 saturated carbocycles. The van der Waals surface area contributed by atoms with Gasteiger partial charge in [0.25, 0.3) is 0 Å². The minimum atomic E-state index is -0.764. The molecule has 20 heavy (non-hydrogen) atoms. The van der Waals surface area contributed by atoms with E-state index in [1.54, 1.807) is 45.0 Å². The summed E-state index contributed by atoms with van der Waals surface area (Å²) in [5, 5.41) is 12.3. The van der Waals surface area contributed by atoms with Gasteiger partial charge in [-0.1, -0.05) is 12.1 Å².